The van der Waals surface area contributed by atoms with Gasteiger partial charge in [0.05, 0.1) is 0 Å². The second-order valence-electron chi connectivity index (χ2n) is 20.0. The molecule has 0 aliphatic carbocycles. The van der Waals surface area contributed by atoms with Crippen LogP contribution in [0.2, 0.25) is 0 Å². The average Bonchev–Trinajstić information content (AvgIpc) is 3.60. The number of allylic oxidation sites excluding steroid dienone is 2. The van der Waals surface area contributed by atoms with E-state index in [4.69, 9.17) is 0 Å². The maximum Gasteiger partial charge on any atom is 0.211 e. The minimum Gasteiger partial charge on any atom is -0.504 e. The summed E-state index contributed by atoms with van der Waals surface area (Å²) < 4.78 is 1.56. The highest BCUT2D eigenvalue weighted by Crippen LogP contribution is 2.43. The third kappa shape index (κ3) is 18.1. The Morgan fingerprint density at radius 1 is 0.456 bits per heavy atom. The predicted molar refractivity (Wildman–Crippen MR) is 293 cm³/mol. The molecular formula is C63H98N2O3. The number of Topliss-reactive ketones (excluding diaryl/α,β-unsaturated/α-hetero) is 1. The number of benzene rings is 3. The van der Waals surface area contributed by atoms with E-state index in [1.807, 2.05) is 6.92 Å². The van der Waals surface area contributed by atoms with Crippen LogP contribution in [0.5, 0.6) is 11.5 Å². The molecule has 4 rings (SSSR count). The van der Waals surface area contributed by atoms with Gasteiger partial charge >= 0.3 is 0 Å². The molecule has 68 heavy (non-hydrogen) atoms. The van der Waals surface area contributed by atoms with Crippen molar-refractivity contribution in [2.24, 2.45) is 0 Å². The Hall–Kier alpha value is -3.99. The molecule has 0 bridgehead atoms. The number of hydrogen-bond acceptors (Lipinski definition) is 3. The van der Waals surface area contributed by atoms with E-state index in [0.717, 1.165) is 74.7 Å². The van der Waals surface area contributed by atoms with Gasteiger partial charge < -0.3 is 15.7 Å². The first kappa shape index (κ1) is 58.3. The molecule has 0 atom stereocenters. The highest BCUT2D eigenvalue weighted by Gasteiger charge is 2.34. The van der Waals surface area contributed by atoms with E-state index in [1.165, 1.54) is 161 Å². The topological polar surface area (TPSA) is 82.8 Å². The van der Waals surface area contributed by atoms with Gasteiger partial charge in [-0.1, -0.05) is 170 Å². The van der Waals surface area contributed by atoms with E-state index in [-0.39, 0.29) is 17.3 Å². The maximum absolute atomic E-state index is 12.8. The smallest absolute Gasteiger partial charge is 0.211 e. The van der Waals surface area contributed by atoms with Crippen LogP contribution < -0.4 is 0 Å². The van der Waals surface area contributed by atoms with Crippen LogP contribution in [0.25, 0.3) is 16.9 Å². The van der Waals surface area contributed by atoms with Gasteiger partial charge in [-0.15, -0.1) is 0 Å². The van der Waals surface area contributed by atoms with Gasteiger partial charge in [0, 0.05) is 39.8 Å². The van der Waals surface area contributed by atoms with Gasteiger partial charge in [0.25, 0.3) is 0 Å². The van der Waals surface area contributed by atoms with Crippen LogP contribution in [0, 0.1) is 0 Å². The monoisotopic (exact) mass is 931 g/mol. The number of carbonyl (C=O) groups excluding carboxylic acids is 1. The number of rotatable bonds is 34. The number of aryl methyl sites for hydroxylation is 5. The van der Waals surface area contributed by atoms with Crippen molar-refractivity contribution in [3.8, 4) is 11.5 Å². The number of ketones is 1. The molecule has 0 spiro atoms. The standard InChI is InChI=1S/C39H58N2.C24H40O3/c1-7-12-17-18-23-37-30(6)38(35-26-24-31(19-13-8-2)33(28-35)21-15-10-4)41(40)39(37)36-27-25-32(20-14-9-3)34(29-36)22-16-11-5;1-4-7-9-10-11-12-13-14-15-17-22(25)21-18-19(6-3)23(26)24(27)20(21)16-8-5-2/h24-29H,7-23H2,1-6H3;18,26-27H,4-17H2,1-3H3. The molecular weight excluding hydrogens is 833 g/mol. The van der Waals surface area contributed by atoms with Crippen LogP contribution in [-0.2, 0) is 38.5 Å². The van der Waals surface area contributed by atoms with E-state index < -0.39 is 0 Å². The highest BCUT2D eigenvalue weighted by atomic mass is 16.3. The van der Waals surface area contributed by atoms with Crippen LogP contribution >= 0.6 is 0 Å². The van der Waals surface area contributed by atoms with Crippen LogP contribution in [0.1, 0.15) is 278 Å². The molecule has 3 aromatic carbocycles. The van der Waals surface area contributed by atoms with Crippen molar-refractivity contribution in [1.29, 1.82) is 0 Å². The number of phenols is 2. The van der Waals surface area contributed by atoms with Crippen molar-refractivity contribution in [1.82, 2.24) is 0 Å². The van der Waals surface area contributed by atoms with Crippen molar-refractivity contribution >= 4 is 17.2 Å². The molecule has 378 valence electrons. The lowest BCUT2D eigenvalue weighted by atomic mass is 9.92. The van der Waals surface area contributed by atoms with E-state index in [1.54, 1.807) is 10.8 Å². The molecule has 0 unspecified atom stereocenters. The Balaban J connectivity index is 0.000000394. The van der Waals surface area contributed by atoms with Gasteiger partial charge in [-0.3, -0.25) is 4.79 Å². The molecule has 1 heterocycles. The normalized spacial score (nSPS) is 12.6. The summed E-state index contributed by atoms with van der Waals surface area (Å²) in [4.78, 5) is 12.8. The Morgan fingerprint density at radius 2 is 0.882 bits per heavy atom. The molecule has 1 aliphatic rings. The Labute approximate surface area is 417 Å². The number of hydrogen-bond donors (Lipinski definition) is 2. The second-order valence-corrected chi connectivity index (χ2v) is 20.0. The zero-order chi connectivity index (χ0) is 49.7. The molecule has 1 aliphatic heterocycles. The highest BCUT2D eigenvalue weighted by molar-refractivity contribution is 5.98. The quantitative estimate of drug-likeness (QED) is 0.0271. The lowest BCUT2D eigenvalue weighted by Gasteiger charge is -2.15. The number of nitrogens with zero attached hydrogens (tertiary/aromatic N) is 2. The molecule has 5 heteroatoms. The summed E-state index contributed by atoms with van der Waals surface area (Å²) in [5, 5.41) is 20.6. The average molecular weight is 931 g/mol. The van der Waals surface area contributed by atoms with Crippen LogP contribution in [0.15, 0.2) is 53.6 Å². The summed E-state index contributed by atoms with van der Waals surface area (Å²) in [5.41, 5.74) is 26.7. The van der Waals surface area contributed by atoms with E-state index in [0.29, 0.717) is 36.0 Å². The van der Waals surface area contributed by atoms with Gasteiger partial charge in [0.15, 0.2) is 17.3 Å². The lowest BCUT2D eigenvalue weighted by molar-refractivity contribution is -0.345. The molecule has 3 aromatic rings. The van der Waals surface area contributed by atoms with Gasteiger partial charge in [-0.2, -0.15) is 0 Å². The Bertz CT molecular complexity index is 2040. The van der Waals surface area contributed by atoms with Crippen molar-refractivity contribution in [2.75, 3.05) is 0 Å². The first-order chi connectivity index (χ1) is 33.1. The lowest BCUT2D eigenvalue weighted by Crippen LogP contribution is -2.06. The molecule has 0 saturated heterocycles. The summed E-state index contributed by atoms with van der Waals surface area (Å²) >= 11 is 0. The summed E-state index contributed by atoms with van der Waals surface area (Å²) in [6, 6.07) is 15.8. The number of carbonyl (C=O) groups is 1. The van der Waals surface area contributed by atoms with E-state index in [2.05, 4.69) is 91.8 Å². The fourth-order valence-corrected chi connectivity index (χ4v) is 9.97. The fraction of sp³-hybridized carbons (Fsp3) is 0.635. The van der Waals surface area contributed by atoms with Crippen molar-refractivity contribution in [2.45, 2.75) is 261 Å². The van der Waals surface area contributed by atoms with Gasteiger partial charge in [-0.25, -0.2) is 4.70 Å². The van der Waals surface area contributed by atoms with E-state index in [9.17, 15) is 20.5 Å². The summed E-state index contributed by atoms with van der Waals surface area (Å²) in [5.74, 6) is -0.0319. The van der Waals surface area contributed by atoms with Crippen molar-refractivity contribution < 1.29 is 19.7 Å². The molecule has 0 radical (unpaired) electrons. The molecule has 2 N–H and O–H groups in total. The minimum absolute atomic E-state index is 0.0526. The van der Waals surface area contributed by atoms with Gasteiger partial charge in [0.1, 0.15) is 0 Å². The number of phenolic OH excluding ortho intramolecular Hbond substituents is 2. The zero-order valence-electron chi connectivity index (χ0n) is 45.2. The van der Waals surface area contributed by atoms with Gasteiger partial charge in [-0.05, 0) is 155 Å². The molecule has 0 fully saturated rings. The Morgan fingerprint density at radius 3 is 1.37 bits per heavy atom. The second kappa shape index (κ2) is 33.5. The summed E-state index contributed by atoms with van der Waals surface area (Å²) in [7, 11) is 0. The van der Waals surface area contributed by atoms with Crippen LogP contribution in [0.3, 0.4) is 0 Å². The van der Waals surface area contributed by atoms with Gasteiger partial charge in [0.2, 0.25) is 11.4 Å². The summed E-state index contributed by atoms with van der Waals surface area (Å²) in [6.07, 6.45) is 34.9. The minimum atomic E-state index is -0.0850. The largest absolute Gasteiger partial charge is 0.504 e. The number of unbranched alkanes of at least 4 members (excludes halogenated alkanes) is 16. The molecule has 5 nitrogen and oxygen atoms in total. The maximum atomic E-state index is 12.8. The first-order valence-electron chi connectivity index (χ1n) is 28.3. The molecule has 0 saturated carbocycles. The van der Waals surface area contributed by atoms with E-state index >= 15 is 0 Å². The Kier molecular flexibility index (Phi) is 28.8. The van der Waals surface area contributed by atoms with Crippen molar-refractivity contribution in [3.05, 3.63) is 109 Å². The van der Waals surface area contributed by atoms with Crippen molar-refractivity contribution in [3.63, 3.8) is 0 Å². The first-order valence-corrected chi connectivity index (χ1v) is 28.3. The fourth-order valence-electron chi connectivity index (χ4n) is 9.97. The third-order valence-electron chi connectivity index (χ3n) is 14.4. The SMILES string of the molecule is CCCCCCC1=C(c2ccc(CCCC)c(CCCC)c2)[N+](=[N-])C(c2ccc(CCCC)c(CCCC)c2)=C1C.CCCCCCCCCCCC(=O)c1cc(CC)c(O)c(O)c1CCCC. The third-order valence-corrected chi connectivity index (χ3v) is 14.4. The zero-order valence-corrected chi connectivity index (χ0v) is 45.2. The molecule has 0 amide bonds. The molecule has 0 aromatic heterocycles. The van der Waals surface area contributed by atoms with Crippen LogP contribution in [-0.4, -0.2) is 20.7 Å². The summed E-state index contributed by atoms with van der Waals surface area (Å²) in [6.45, 7) is 19.9. The van der Waals surface area contributed by atoms with Crippen LogP contribution in [0.4, 0.5) is 0 Å². The predicted octanol–water partition coefficient (Wildman–Crippen LogP) is 19.3. The number of aromatic hydroxyl groups is 2.